The van der Waals surface area contributed by atoms with Crippen LogP contribution in [0.5, 0.6) is 0 Å². The van der Waals surface area contributed by atoms with E-state index in [1.807, 2.05) is 0 Å². The Bertz CT molecular complexity index is 396. The van der Waals surface area contributed by atoms with Crippen molar-refractivity contribution in [3.8, 4) is 0 Å². The summed E-state index contributed by atoms with van der Waals surface area (Å²) in [6.45, 7) is 5.15. The van der Waals surface area contributed by atoms with Gasteiger partial charge in [-0.15, -0.1) is 0 Å². The monoisotopic (exact) mass is 300 g/mol. The van der Waals surface area contributed by atoms with Gasteiger partial charge in [0.05, 0.1) is 5.92 Å². The molecule has 3 nitrogen and oxygen atoms in total. The summed E-state index contributed by atoms with van der Waals surface area (Å²) in [5.41, 5.74) is -0.762. The molecule has 1 aromatic rings. The third-order valence-corrected chi connectivity index (χ3v) is 3.50. The first-order chi connectivity index (χ1) is 7.76. The van der Waals surface area contributed by atoms with Gasteiger partial charge in [-0.05, 0) is 30.5 Å². The molecule has 0 amide bonds. The van der Waals surface area contributed by atoms with Crippen molar-refractivity contribution < 1.29 is 15.0 Å². The molecule has 2 atom stereocenters. The minimum Gasteiger partial charge on any atom is -0.481 e. The number of benzene rings is 1. The first-order valence-electron chi connectivity index (χ1n) is 5.48. The van der Waals surface area contributed by atoms with Gasteiger partial charge in [-0.3, -0.25) is 4.79 Å². The number of rotatable bonds is 4. The molecule has 2 N–H and O–H groups in total. The Morgan fingerprint density at radius 2 is 1.76 bits per heavy atom. The molecule has 1 aromatic carbocycles. The molecule has 0 aliphatic rings. The van der Waals surface area contributed by atoms with Crippen LogP contribution in [0.2, 0.25) is 0 Å². The van der Waals surface area contributed by atoms with Gasteiger partial charge >= 0.3 is 5.97 Å². The summed E-state index contributed by atoms with van der Waals surface area (Å²) < 4.78 is 0.897. The lowest BCUT2D eigenvalue weighted by molar-refractivity contribution is -0.155. The molecule has 4 heteroatoms. The highest BCUT2D eigenvalue weighted by atomic mass is 79.9. The van der Waals surface area contributed by atoms with E-state index in [0.717, 1.165) is 4.47 Å². The highest BCUT2D eigenvalue weighted by Crippen LogP contribution is 2.34. The third kappa shape index (κ3) is 3.07. The zero-order valence-corrected chi connectivity index (χ0v) is 11.7. The third-order valence-electron chi connectivity index (χ3n) is 2.97. The van der Waals surface area contributed by atoms with E-state index in [1.54, 1.807) is 45.0 Å². The minimum absolute atomic E-state index is 0.147. The molecule has 17 heavy (non-hydrogen) atoms. The summed E-state index contributed by atoms with van der Waals surface area (Å²) in [5, 5.41) is 19.7. The van der Waals surface area contributed by atoms with Gasteiger partial charge in [0.2, 0.25) is 0 Å². The lowest BCUT2D eigenvalue weighted by Gasteiger charge is -2.33. The predicted octanol–water partition coefficient (Wildman–Crippen LogP) is 3.01. The van der Waals surface area contributed by atoms with Crippen LogP contribution in [0.15, 0.2) is 28.7 Å². The first-order valence-corrected chi connectivity index (χ1v) is 6.27. The second kappa shape index (κ2) is 5.19. The summed E-state index contributed by atoms with van der Waals surface area (Å²) in [6.07, 6.45) is 0. The van der Waals surface area contributed by atoms with Crippen molar-refractivity contribution in [2.24, 2.45) is 11.8 Å². The summed E-state index contributed by atoms with van der Waals surface area (Å²) >= 11 is 3.31. The highest BCUT2D eigenvalue weighted by Gasteiger charge is 2.40. The van der Waals surface area contributed by atoms with Crippen molar-refractivity contribution in [1.82, 2.24) is 0 Å². The first kappa shape index (κ1) is 14.2. The zero-order chi connectivity index (χ0) is 13.2. The van der Waals surface area contributed by atoms with Gasteiger partial charge in [0.1, 0.15) is 5.60 Å². The van der Waals surface area contributed by atoms with Crippen LogP contribution in [0.1, 0.15) is 26.3 Å². The Hall–Kier alpha value is -0.870. The maximum absolute atomic E-state index is 11.3. The minimum atomic E-state index is -1.37. The Morgan fingerprint density at radius 3 is 2.12 bits per heavy atom. The number of hydrogen-bond acceptors (Lipinski definition) is 2. The number of hydrogen-bond donors (Lipinski definition) is 2. The normalized spacial score (nSPS) is 16.6. The van der Waals surface area contributed by atoms with Crippen molar-refractivity contribution in [2.75, 3.05) is 0 Å². The van der Waals surface area contributed by atoms with Crippen LogP contribution in [0.25, 0.3) is 0 Å². The van der Waals surface area contributed by atoms with Crippen LogP contribution >= 0.6 is 15.9 Å². The molecule has 0 saturated carbocycles. The molecule has 0 aromatic heterocycles. The molecule has 94 valence electrons. The van der Waals surface area contributed by atoms with Crippen LogP contribution in [0, 0.1) is 11.8 Å². The topological polar surface area (TPSA) is 57.5 Å². The van der Waals surface area contributed by atoms with Crippen molar-refractivity contribution in [3.63, 3.8) is 0 Å². The molecule has 0 aliphatic heterocycles. The predicted molar refractivity (Wildman–Crippen MR) is 69.7 cm³/mol. The van der Waals surface area contributed by atoms with Crippen LogP contribution < -0.4 is 0 Å². The maximum Gasteiger partial charge on any atom is 0.310 e. The number of carbonyl (C=O) groups is 1. The van der Waals surface area contributed by atoms with E-state index in [0.29, 0.717) is 5.56 Å². The average molecular weight is 301 g/mol. The second-order valence-corrected chi connectivity index (χ2v) is 5.63. The van der Waals surface area contributed by atoms with E-state index >= 15 is 0 Å². The van der Waals surface area contributed by atoms with Gasteiger partial charge < -0.3 is 10.2 Å². The summed E-state index contributed by atoms with van der Waals surface area (Å²) in [5.74, 6) is -1.96. The van der Waals surface area contributed by atoms with Crippen LogP contribution in [0.3, 0.4) is 0 Å². The Balaban J connectivity index is 3.15. The van der Waals surface area contributed by atoms with Gasteiger partial charge in [0, 0.05) is 4.47 Å². The molecule has 0 fully saturated rings. The van der Waals surface area contributed by atoms with Crippen molar-refractivity contribution in [2.45, 2.75) is 26.4 Å². The van der Waals surface area contributed by atoms with E-state index in [-0.39, 0.29) is 5.92 Å². The van der Waals surface area contributed by atoms with Crippen molar-refractivity contribution >= 4 is 21.9 Å². The Morgan fingerprint density at radius 1 is 1.29 bits per heavy atom. The molecule has 0 saturated heterocycles. The molecule has 0 aliphatic carbocycles. The zero-order valence-electron chi connectivity index (χ0n) is 10.1. The standard InChI is InChI=1S/C13H17BrO3/c1-8(2)11(12(15)16)13(3,17)9-4-6-10(14)7-5-9/h4-8,11,17H,1-3H3,(H,15,16). The number of carboxylic acid groups (broad SMARTS) is 1. The lowest BCUT2D eigenvalue weighted by atomic mass is 9.76. The average Bonchev–Trinajstić information content (AvgIpc) is 2.16. The molecule has 1 rings (SSSR count). The summed E-state index contributed by atoms with van der Waals surface area (Å²) in [4.78, 5) is 11.3. The van der Waals surface area contributed by atoms with E-state index < -0.39 is 17.5 Å². The van der Waals surface area contributed by atoms with E-state index in [1.165, 1.54) is 0 Å². The SMILES string of the molecule is CC(C)C(C(=O)O)C(C)(O)c1ccc(Br)cc1. The number of aliphatic carboxylic acids is 1. The van der Waals surface area contributed by atoms with E-state index in [2.05, 4.69) is 15.9 Å². The number of carboxylic acids is 1. The molecule has 0 radical (unpaired) electrons. The van der Waals surface area contributed by atoms with Crippen molar-refractivity contribution in [1.29, 1.82) is 0 Å². The quantitative estimate of drug-likeness (QED) is 0.899. The molecule has 0 heterocycles. The molecular formula is C13H17BrO3. The number of aliphatic hydroxyl groups is 1. The second-order valence-electron chi connectivity index (χ2n) is 4.71. The molecule has 2 unspecified atom stereocenters. The molecule has 0 spiro atoms. The van der Waals surface area contributed by atoms with E-state index in [9.17, 15) is 15.0 Å². The lowest BCUT2D eigenvalue weighted by Crippen LogP contribution is -2.40. The van der Waals surface area contributed by atoms with E-state index in [4.69, 9.17) is 0 Å². The van der Waals surface area contributed by atoms with Gasteiger partial charge in [-0.2, -0.15) is 0 Å². The molecular weight excluding hydrogens is 284 g/mol. The van der Waals surface area contributed by atoms with Crippen molar-refractivity contribution in [3.05, 3.63) is 34.3 Å². The Kier molecular flexibility index (Phi) is 4.33. The van der Waals surface area contributed by atoms with Gasteiger partial charge in [-0.25, -0.2) is 0 Å². The van der Waals surface area contributed by atoms with Crippen LogP contribution in [-0.4, -0.2) is 16.2 Å². The molecule has 0 bridgehead atoms. The van der Waals surface area contributed by atoms with Gasteiger partial charge in [0.15, 0.2) is 0 Å². The van der Waals surface area contributed by atoms with Gasteiger partial charge in [-0.1, -0.05) is 41.9 Å². The smallest absolute Gasteiger partial charge is 0.310 e. The summed E-state index contributed by atoms with van der Waals surface area (Å²) in [7, 11) is 0. The maximum atomic E-state index is 11.3. The van der Waals surface area contributed by atoms with Crippen LogP contribution in [0.4, 0.5) is 0 Å². The van der Waals surface area contributed by atoms with Gasteiger partial charge in [0.25, 0.3) is 0 Å². The highest BCUT2D eigenvalue weighted by molar-refractivity contribution is 9.10. The Labute approximate surface area is 110 Å². The fraction of sp³-hybridized carbons (Fsp3) is 0.462. The van der Waals surface area contributed by atoms with Crippen LogP contribution in [-0.2, 0) is 10.4 Å². The summed E-state index contributed by atoms with van der Waals surface area (Å²) in [6, 6.07) is 7.07. The fourth-order valence-corrected chi connectivity index (χ4v) is 2.41. The largest absolute Gasteiger partial charge is 0.481 e. The number of halogens is 1. The fourth-order valence-electron chi connectivity index (χ4n) is 2.14.